The standard InChI is InChI=1S/2C14H9NO3/c2*1-2-11-3-7-13(8-4-11)18-14-9-5-12(6-10-14)15(16)17/h2*1,3-10H. The largest absolute Gasteiger partial charge is 0.457 e. The lowest BCUT2D eigenvalue weighted by Gasteiger charge is -2.05. The Kier molecular flexibility index (Phi) is 8.36. The Bertz CT molecular complexity index is 1300. The summed E-state index contributed by atoms with van der Waals surface area (Å²) in [5.41, 5.74) is 1.60. The fraction of sp³-hybridized carbons (Fsp3) is 0. The molecule has 0 heterocycles. The molecule has 0 aromatic heterocycles. The normalized spacial score (nSPS) is 9.50. The highest BCUT2D eigenvalue weighted by atomic mass is 16.6. The quantitative estimate of drug-likeness (QED) is 0.173. The van der Waals surface area contributed by atoms with E-state index >= 15 is 0 Å². The van der Waals surface area contributed by atoms with Crippen molar-refractivity contribution in [3.8, 4) is 47.7 Å². The smallest absolute Gasteiger partial charge is 0.269 e. The van der Waals surface area contributed by atoms with Crippen molar-refractivity contribution in [3.05, 3.63) is 128 Å². The molecule has 0 aliphatic carbocycles. The Morgan fingerprint density at radius 1 is 0.500 bits per heavy atom. The summed E-state index contributed by atoms with van der Waals surface area (Å²) in [4.78, 5) is 20.1. The Morgan fingerprint density at radius 2 is 0.750 bits per heavy atom. The van der Waals surface area contributed by atoms with E-state index in [9.17, 15) is 20.2 Å². The van der Waals surface area contributed by atoms with Gasteiger partial charge in [-0.3, -0.25) is 20.2 Å². The molecule has 4 aromatic carbocycles. The number of nitro benzene ring substituents is 2. The first-order valence-corrected chi connectivity index (χ1v) is 10.4. The lowest BCUT2D eigenvalue weighted by Crippen LogP contribution is -1.88. The highest BCUT2D eigenvalue weighted by Gasteiger charge is 2.06. The minimum Gasteiger partial charge on any atom is -0.457 e. The molecule has 0 bridgehead atoms. The van der Waals surface area contributed by atoms with E-state index in [1.54, 1.807) is 72.8 Å². The third-order valence-electron chi connectivity index (χ3n) is 4.61. The molecule has 8 nitrogen and oxygen atoms in total. The van der Waals surface area contributed by atoms with E-state index in [1.807, 2.05) is 0 Å². The Morgan fingerprint density at radius 3 is 0.972 bits per heavy atom. The molecule has 0 aliphatic rings. The number of terminal acetylenes is 2. The number of hydrogen-bond acceptors (Lipinski definition) is 6. The second-order valence-electron chi connectivity index (χ2n) is 7.04. The summed E-state index contributed by atoms with van der Waals surface area (Å²) in [5.74, 6) is 7.34. The molecule has 0 unspecified atom stereocenters. The van der Waals surface area contributed by atoms with Crippen molar-refractivity contribution in [2.24, 2.45) is 0 Å². The van der Waals surface area contributed by atoms with E-state index in [0.29, 0.717) is 23.0 Å². The van der Waals surface area contributed by atoms with Crippen LogP contribution in [0, 0.1) is 44.9 Å². The molecule has 4 aromatic rings. The van der Waals surface area contributed by atoms with Crippen LogP contribution in [0.5, 0.6) is 23.0 Å². The zero-order valence-corrected chi connectivity index (χ0v) is 18.7. The molecule has 0 fully saturated rings. The third kappa shape index (κ3) is 7.20. The van der Waals surface area contributed by atoms with E-state index in [4.69, 9.17) is 22.3 Å². The predicted molar refractivity (Wildman–Crippen MR) is 135 cm³/mol. The average Bonchev–Trinajstić information content (AvgIpc) is 2.90. The van der Waals surface area contributed by atoms with Crippen molar-refractivity contribution >= 4 is 11.4 Å². The first kappa shape index (κ1) is 25.0. The van der Waals surface area contributed by atoms with Crippen LogP contribution >= 0.6 is 0 Å². The van der Waals surface area contributed by atoms with Gasteiger partial charge in [-0.25, -0.2) is 0 Å². The van der Waals surface area contributed by atoms with Gasteiger partial charge in [0.1, 0.15) is 23.0 Å². The van der Waals surface area contributed by atoms with E-state index < -0.39 is 9.85 Å². The zero-order chi connectivity index (χ0) is 25.9. The molecule has 0 radical (unpaired) electrons. The van der Waals surface area contributed by atoms with Crippen molar-refractivity contribution in [1.29, 1.82) is 0 Å². The van der Waals surface area contributed by atoms with Crippen LogP contribution in [0.3, 0.4) is 0 Å². The Hall–Kier alpha value is -5.60. The van der Waals surface area contributed by atoms with Gasteiger partial charge in [-0.15, -0.1) is 12.8 Å². The molecule has 0 saturated heterocycles. The summed E-state index contributed by atoms with van der Waals surface area (Å²) in [5, 5.41) is 21.0. The monoisotopic (exact) mass is 478 g/mol. The molecule has 8 heteroatoms. The van der Waals surface area contributed by atoms with Crippen LogP contribution in [0.2, 0.25) is 0 Å². The van der Waals surface area contributed by atoms with Gasteiger partial charge in [0.25, 0.3) is 11.4 Å². The van der Waals surface area contributed by atoms with Gasteiger partial charge in [0.05, 0.1) is 9.85 Å². The van der Waals surface area contributed by atoms with E-state index in [1.165, 1.54) is 24.3 Å². The number of non-ortho nitro benzene ring substituents is 2. The van der Waals surface area contributed by atoms with Crippen molar-refractivity contribution in [1.82, 2.24) is 0 Å². The molecular formula is C28H18N2O6. The van der Waals surface area contributed by atoms with Gasteiger partial charge in [-0.2, -0.15) is 0 Å². The number of hydrogen-bond donors (Lipinski definition) is 0. The minimum absolute atomic E-state index is 0.0324. The summed E-state index contributed by atoms with van der Waals surface area (Å²) < 4.78 is 11.0. The van der Waals surface area contributed by atoms with Gasteiger partial charge >= 0.3 is 0 Å². The molecule has 0 aliphatic heterocycles. The highest BCUT2D eigenvalue weighted by molar-refractivity contribution is 5.42. The van der Waals surface area contributed by atoms with Crippen LogP contribution in [0.1, 0.15) is 11.1 Å². The maximum absolute atomic E-state index is 10.5. The topological polar surface area (TPSA) is 105 Å². The molecule has 0 spiro atoms. The van der Waals surface area contributed by atoms with Crippen molar-refractivity contribution in [2.75, 3.05) is 0 Å². The maximum Gasteiger partial charge on any atom is 0.269 e. The maximum atomic E-state index is 10.5. The molecule has 0 amide bonds. The number of nitrogens with zero attached hydrogens (tertiary/aromatic N) is 2. The predicted octanol–water partition coefficient (Wildman–Crippen LogP) is 6.74. The van der Waals surface area contributed by atoms with E-state index in [-0.39, 0.29) is 11.4 Å². The van der Waals surface area contributed by atoms with Crippen molar-refractivity contribution < 1.29 is 19.3 Å². The summed E-state index contributed by atoms with van der Waals surface area (Å²) in [6.07, 6.45) is 10.5. The van der Waals surface area contributed by atoms with Gasteiger partial charge in [0.15, 0.2) is 0 Å². The SMILES string of the molecule is C#Cc1ccc(Oc2ccc([N+](=O)[O-])cc2)cc1.C#Cc1ccc(Oc2ccc([N+](=O)[O-])cc2)cc1. The van der Waals surface area contributed by atoms with Crippen molar-refractivity contribution in [3.63, 3.8) is 0 Å². The minimum atomic E-state index is -0.453. The lowest BCUT2D eigenvalue weighted by atomic mass is 10.2. The summed E-state index contributed by atoms with van der Waals surface area (Å²) >= 11 is 0. The number of ether oxygens (including phenoxy) is 2. The zero-order valence-electron chi connectivity index (χ0n) is 18.7. The number of nitro groups is 2. The molecule has 4 rings (SSSR count). The van der Waals surface area contributed by atoms with Gasteiger partial charge in [0.2, 0.25) is 0 Å². The number of benzene rings is 4. The summed E-state index contributed by atoms with van der Waals surface area (Å²) in [6, 6.07) is 25.8. The van der Waals surface area contributed by atoms with E-state index in [2.05, 4.69) is 11.8 Å². The van der Waals surface area contributed by atoms with Crippen LogP contribution < -0.4 is 9.47 Å². The molecule has 36 heavy (non-hydrogen) atoms. The molecule has 0 atom stereocenters. The lowest BCUT2D eigenvalue weighted by molar-refractivity contribution is -0.385. The second-order valence-corrected chi connectivity index (χ2v) is 7.04. The molecule has 0 saturated carbocycles. The van der Waals surface area contributed by atoms with Crippen molar-refractivity contribution in [2.45, 2.75) is 0 Å². The number of rotatable bonds is 6. The van der Waals surface area contributed by atoms with Crippen LogP contribution in [-0.2, 0) is 0 Å². The first-order valence-electron chi connectivity index (χ1n) is 10.4. The fourth-order valence-corrected chi connectivity index (χ4v) is 2.78. The van der Waals surface area contributed by atoms with Crippen LogP contribution in [0.4, 0.5) is 11.4 Å². The second kappa shape index (κ2) is 12.0. The molecular weight excluding hydrogens is 460 g/mol. The van der Waals surface area contributed by atoms with E-state index in [0.717, 1.165) is 11.1 Å². The molecule has 0 N–H and O–H groups in total. The van der Waals surface area contributed by atoms with Gasteiger partial charge in [-0.1, -0.05) is 11.8 Å². The molecule has 176 valence electrons. The highest BCUT2D eigenvalue weighted by Crippen LogP contribution is 2.25. The van der Waals surface area contributed by atoms with Crippen LogP contribution in [0.15, 0.2) is 97.1 Å². The third-order valence-corrected chi connectivity index (χ3v) is 4.61. The summed E-state index contributed by atoms with van der Waals surface area (Å²) in [7, 11) is 0. The first-order chi connectivity index (χ1) is 17.4. The van der Waals surface area contributed by atoms with Crippen LogP contribution in [-0.4, -0.2) is 9.85 Å². The van der Waals surface area contributed by atoms with Gasteiger partial charge in [0, 0.05) is 35.4 Å². The Labute approximate surface area is 207 Å². The fourth-order valence-electron chi connectivity index (χ4n) is 2.78. The summed E-state index contributed by atoms with van der Waals surface area (Å²) in [6.45, 7) is 0. The van der Waals surface area contributed by atoms with Gasteiger partial charge in [-0.05, 0) is 72.8 Å². The van der Waals surface area contributed by atoms with Crippen LogP contribution in [0.25, 0.3) is 0 Å². The Balaban J connectivity index is 0.000000201. The van der Waals surface area contributed by atoms with Gasteiger partial charge < -0.3 is 9.47 Å². The average molecular weight is 478 g/mol.